The predicted octanol–water partition coefficient (Wildman–Crippen LogP) is 4.66. The molecule has 0 aliphatic carbocycles. The second-order valence-corrected chi connectivity index (χ2v) is 5.88. The van der Waals surface area contributed by atoms with Crippen molar-refractivity contribution < 1.29 is 17.9 Å². The van der Waals surface area contributed by atoms with Gasteiger partial charge in [0, 0.05) is 18.8 Å². The minimum absolute atomic E-state index is 0. The summed E-state index contributed by atoms with van der Waals surface area (Å²) in [5.74, 6) is -0.247. The number of alkyl halides is 3. The van der Waals surface area contributed by atoms with Gasteiger partial charge in [0.05, 0.1) is 6.04 Å². The Bertz CT molecular complexity index is 668. The van der Waals surface area contributed by atoms with E-state index in [1.54, 1.807) is 12.1 Å². The highest BCUT2D eigenvalue weighted by atomic mass is 35.5. The van der Waals surface area contributed by atoms with E-state index in [0.29, 0.717) is 0 Å². The van der Waals surface area contributed by atoms with Crippen molar-refractivity contribution in [2.24, 2.45) is 5.73 Å². The van der Waals surface area contributed by atoms with Crippen LogP contribution >= 0.6 is 12.4 Å². The van der Waals surface area contributed by atoms with E-state index >= 15 is 0 Å². The van der Waals surface area contributed by atoms with Crippen molar-refractivity contribution in [3.05, 3.63) is 59.7 Å². The maximum Gasteiger partial charge on any atom is 0.573 e. The SMILES string of the molecule is Cl.N[C@H](c1ccc(OC(F)(F)F)cc1)c1ccc(N2CCCC2)cc1. The van der Waals surface area contributed by atoms with Gasteiger partial charge in [0.1, 0.15) is 5.75 Å². The molecule has 7 heteroatoms. The predicted molar refractivity (Wildman–Crippen MR) is 94.3 cm³/mol. The van der Waals surface area contributed by atoms with Crippen LogP contribution in [-0.4, -0.2) is 19.5 Å². The van der Waals surface area contributed by atoms with Crippen LogP contribution in [0.3, 0.4) is 0 Å². The van der Waals surface area contributed by atoms with Crippen molar-refractivity contribution in [3.63, 3.8) is 0 Å². The first-order valence-corrected chi connectivity index (χ1v) is 7.88. The van der Waals surface area contributed by atoms with Gasteiger partial charge in [-0.25, -0.2) is 0 Å². The Balaban J connectivity index is 0.00000225. The van der Waals surface area contributed by atoms with Crippen molar-refractivity contribution in [3.8, 4) is 5.75 Å². The Hall–Kier alpha value is -1.92. The molecule has 2 N–H and O–H groups in total. The zero-order valence-electron chi connectivity index (χ0n) is 13.5. The van der Waals surface area contributed by atoms with Crippen LogP contribution in [0.2, 0.25) is 0 Å². The summed E-state index contributed by atoms with van der Waals surface area (Å²) in [5, 5.41) is 0. The van der Waals surface area contributed by atoms with E-state index in [-0.39, 0.29) is 18.2 Å². The minimum atomic E-state index is -4.69. The van der Waals surface area contributed by atoms with Crippen molar-refractivity contribution in [1.82, 2.24) is 0 Å². The van der Waals surface area contributed by atoms with Gasteiger partial charge in [-0.15, -0.1) is 25.6 Å². The van der Waals surface area contributed by atoms with Gasteiger partial charge in [-0.1, -0.05) is 24.3 Å². The molecule has 0 unspecified atom stereocenters. The van der Waals surface area contributed by atoms with E-state index < -0.39 is 12.4 Å². The van der Waals surface area contributed by atoms with Gasteiger partial charge in [0.2, 0.25) is 0 Å². The van der Waals surface area contributed by atoms with E-state index in [2.05, 4.69) is 9.64 Å². The zero-order chi connectivity index (χ0) is 17.2. The van der Waals surface area contributed by atoms with Crippen LogP contribution in [0.4, 0.5) is 18.9 Å². The smallest absolute Gasteiger partial charge is 0.406 e. The Morgan fingerprint density at radius 3 is 1.84 bits per heavy atom. The van der Waals surface area contributed by atoms with E-state index in [1.807, 2.05) is 24.3 Å². The van der Waals surface area contributed by atoms with E-state index in [0.717, 1.165) is 24.2 Å². The van der Waals surface area contributed by atoms with E-state index in [1.165, 1.54) is 30.7 Å². The summed E-state index contributed by atoms with van der Waals surface area (Å²) < 4.78 is 40.4. The molecule has 0 amide bonds. The molecule has 1 aliphatic rings. The molecule has 1 heterocycles. The number of hydrogen-bond donors (Lipinski definition) is 1. The maximum absolute atomic E-state index is 12.2. The lowest BCUT2D eigenvalue weighted by Gasteiger charge is -2.19. The van der Waals surface area contributed by atoms with Gasteiger partial charge in [-0.05, 0) is 48.2 Å². The largest absolute Gasteiger partial charge is 0.573 e. The molecule has 1 saturated heterocycles. The van der Waals surface area contributed by atoms with Gasteiger partial charge in [0.25, 0.3) is 0 Å². The summed E-state index contributed by atoms with van der Waals surface area (Å²) in [5.41, 5.74) is 9.05. The molecular formula is C18H20ClF3N2O. The molecule has 2 aromatic carbocycles. The number of rotatable bonds is 4. The summed E-state index contributed by atoms with van der Waals surface area (Å²) in [6, 6.07) is 13.3. The first-order valence-electron chi connectivity index (χ1n) is 7.88. The van der Waals surface area contributed by atoms with Crippen LogP contribution < -0.4 is 15.4 Å². The van der Waals surface area contributed by atoms with Crippen LogP contribution in [-0.2, 0) is 0 Å². The molecule has 3 nitrogen and oxygen atoms in total. The lowest BCUT2D eigenvalue weighted by atomic mass is 9.99. The third kappa shape index (κ3) is 5.03. The number of ether oxygens (including phenoxy) is 1. The quantitative estimate of drug-likeness (QED) is 0.848. The van der Waals surface area contributed by atoms with E-state index in [9.17, 15) is 13.2 Å². The number of anilines is 1. The number of benzene rings is 2. The monoisotopic (exact) mass is 372 g/mol. The molecule has 0 aromatic heterocycles. The fourth-order valence-corrected chi connectivity index (χ4v) is 2.94. The normalized spacial score (nSPS) is 15.6. The Kier molecular flexibility index (Phi) is 6.19. The summed E-state index contributed by atoms with van der Waals surface area (Å²) in [7, 11) is 0. The molecule has 0 radical (unpaired) electrons. The molecule has 0 spiro atoms. The summed E-state index contributed by atoms with van der Waals surface area (Å²) in [6.07, 6.45) is -2.25. The van der Waals surface area contributed by atoms with Gasteiger partial charge in [-0.2, -0.15) is 0 Å². The highest BCUT2D eigenvalue weighted by Crippen LogP contribution is 2.27. The van der Waals surface area contributed by atoms with Crippen molar-refractivity contribution in [2.75, 3.05) is 18.0 Å². The van der Waals surface area contributed by atoms with Crippen LogP contribution in [0.1, 0.15) is 30.0 Å². The van der Waals surface area contributed by atoms with Gasteiger partial charge in [-0.3, -0.25) is 0 Å². The fourth-order valence-electron chi connectivity index (χ4n) is 2.94. The molecule has 1 aliphatic heterocycles. The van der Waals surface area contributed by atoms with E-state index in [4.69, 9.17) is 5.73 Å². The molecular weight excluding hydrogens is 353 g/mol. The Morgan fingerprint density at radius 2 is 1.36 bits per heavy atom. The Labute approximate surface area is 151 Å². The third-order valence-electron chi connectivity index (χ3n) is 4.20. The average molecular weight is 373 g/mol. The average Bonchev–Trinajstić information content (AvgIpc) is 3.08. The highest BCUT2D eigenvalue weighted by molar-refractivity contribution is 5.85. The summed E-state index contributed by atoms with van der Waals surface area (Å²) in [6.45, 7) is 2.15. The number of halogens is 4. The topological polar surface area (TPSA) is 38.5 Å². The number of nitrogens with two attached hydrogens (primary N) is 1. The lowest BCUT2D eigenvalue weighted by molar-refractivity contribution is -0.274. The fraction of sp³-hybridized carbons (Fsp3) is 0.333. The summed E-state index contributed by atoms with van der Waals surface area (Å²) in [4.78, 5) is 2.33. The first kappa shape index (κ1) is 19.4. The first-order chi connectivity index (χ1) is 11.4. The molecule has 2 aromatic rings. The van der Waals surface area contributed by atoms with Crippen molar-refractivity contribution in [1.29, 1.82) is 0 Å². The molecule has 1 atom stereocenters. The molecule has 3 rings (SSSR count). The van der Waals surface area contributed by atoms with Crippen molar-refractivity contribution >= 4 is 18.1 Å². The van der Waals surface area contributed by atoms with Crippen molar-refractivity contribution in [2.45, 2.75) is 25.2 Å². The van der Waals surface area contributed by atoms with Gasteiger partial charge >= 0.3 is 6.36 Å². The lowest BCUT2D eigenvalue weighted by Crippen LogP contribution is -2.18. The standard InChI is InChI=1S/C18H19F3N2O.ClH/c19-18(20,21)24-16-9-5-14(6-10-16)17(22)13-3-7-15(8-4-13)23-11-1-2-12-23;/h3-10,17H,1-2,11-12,22H2;1H/t17-;/m0./s1. The molecule has 0 saturated carbocycles. The highest BCUT2D eigenvalue weighted by Gasteiger charge is 2.31. The van der Waals surface area contributed by atoms with Crippen LogP contribution in [0, 0.1) is 0 Å². The van der Waals surface area contributed by atoms with Crippen LogP contribution in [0.15, 0.2) is 48.5 Å². The second kappa shape index (κ2) is 7.97. The third-order valence-corrected chi connectivity index (χ3v) is 4.20. The second-order valence-electron chi connectivity index (χ2n) is 5.88. The molecule has 1 fully saturated rings. The number of hydrogen-bond acceptors (Lipinski definition) is 3. The van der Waals surface area contributed by atoms with Gasteiger partial charge in [0.15, 0.2) is 0 Å². The van der Waals surface area contributed by atoms with Crippen LogP contribution in [0.5, 0.6) is 5.75 Å². The molecule has 0 bridgehead atoms. The zero-order valence-corrected chi connectivity index (χ0v) is 14.3. The summed E-state index contributed by atoms with van der Waals surface area (Å²) >= 11 is 0. The van der Waals surface area contributed by atoms with Gasteiger partial charge < -0.3 is 15.4 Å². The molecule has 25 heavy (non-hydrogen) atoms. The minimum Gasteiger partial charge on any atom is -0.406 e. The molecule has 136 valence electrons. The number of nitrogens with zero attached hydrogens (tertiary/aromatic N) is 1. The Morgan fingerprint density at radius 1 is 0.880 bits per heavy atom. The maximum atomic E-state index is 12.2. The van der Waals surface area contributed by atoms with Crippen LogP contribution in [0.25, 0.3) is 0 Å².